The highest BCUT2D eigenvalue weighted by molar-refractivity contribution is 7.89. The minimum absolute atomic E-state index is 0.0851. The Balaban J connectivity index is 2.11. The van der Waals surface area contributed by atoms with Crippen molar-refractivity contribution in [1.82, 2.24) is 4.98 Å². The molecule has 0 amide bonds. The van der Waals surface area contributed by atoms with Gasteiger partial charge in [-0.05, 0) is 31.5 Å². The van der Waals surface area contributed by atoms with Crippen LogP contribution in [0.2, 0.25) is 0 Å². The van der Waals surface area contributed by atoms with Crippen molar-refractivity contribution in [2.24, 2.45) is 0 Å². The highest BCUT2D eigenvalue weighted by Gasteiger charge is 2.30. The number of sulfone groups is 1. The van der Waals surface area contributed by atoms with Gasteiger partial charge < -0.3 is 4.42 Å². The molecule has 0 aliphatic carbocycles. The molecule has 1 heterocycles. The fourth-order valence-electron chi connectivity index (χ4n) is 1.88. The van der Waals surface area contributed by atoms with Gasteiger partial charge in [-0.15, -0.1) is 0 Å². The average Bonchev–Trinajstić information content (AvgIpc) is 2.66. The summed E-state index contributed by atoms with van der Waals surface area (Å²) in [6, 6.07) is 4.05. The van der Waals surface area contributed by atoms with Crippen molar-refractivity contribution in [3.63, 3.8) is 0 Å². The number of nitrogens with zero attached hydrogens (tertiary/aromatic N) is 1. The lowest BCUT2D eigenvalue weighted by Crippen LogP contribution is -2.09. The second-order valence-electron chi connectivity index (χ2n) is 4.98. The zero-order valence-electron chi connectivity index (χ0n) is 11.9. The predicted molar refractivity (Wildman–Crippen MR) is 73.7 cm³/mol. The molecule has 0 N–H and O–H groups in total. The molecule has 120 valence electrons. The summed E-state index contributed by atoms with van der Waals surface area (Å²) >= 11 is 0. The number of rotatable bonds is 4. The van der Waals surface area contributed by atoms with Crippen LogP contribution in [0.3, 0.4) is 0 Å². The van der Waals surface area contributed by atoms with Crippen molar-refractivity contribution in [1.29, 1.82) is 0 Å². The Bertz CT molecular complexity index is 742. The summed E-state index contributed by atoms with van der Waals surface area (Å²) in [5.74, 6) is -0.129. The van der Waals surface area contributed by atoms with Crippen LogP contribution in [0, 0.1) is 13.8 Å². The van der Waals surface area contributed by atoms with E-state index in [0.29, 0.717) is 11.5 Å². The Labute approximate surface area is 125 Å². The SMILES string of the molecule is Cc1nc(CS(=O)(=O)Cc2ccc(C(F)(F)F)cc2)oc1C. The summed E-state index contributed by atoms with van der Waals surface area (Å²) in [5.41, 5.74) is 0.0836. The third-order valence-electron chi connectivity index (χ3n) is 3.08. The summed E-state index contributed by atoms with van der Waals surface area (Å²) in [4.78, 5) is 3.99. The van der Waals surface area contributed by atoms with Gasteiger partial charge >= 0.3 is 6.18 Å². The van der Waals surface area contributed by atoms with E-state index in [-0.39, 0.29) is 23.0 Å². The van der Waals surface area contributed by atoms with Gasteiger partial charge in [-0.25, -0.2) is 13.4 Å². The zero-order chi connectivity index (χ0) is 16.5. The maximum Gasteiger partial charge on any atom is 0.416 e. The molecule has 8 heteroatoms. The van der Waals surface area contributed by atoms with Gasteiger partial charge in [0.2, 0.25) is 5.89 Å². The van der Waals surface area contributed by atoms with Crippen molar-refractivity contribution in [2.45, 2.75) is 31.5 Å². The first-order chi connectivity index (χ1) is 10.1. The topological polar surface area (TPSA) is 60.2 Å². The number of hydrogen-bond acceptors (Lipinski definition) is 4. The number of halogens is 3. The van der Waals surface area contributed by atoms with Crippen LogP contribution >= 0.6 is 0 Å². The Morgan fingerprint density at radius 2 is 1.68 bits per heavy atom. The van der Waals surface area contributed by atoms with Gasteiger partial charge in [0, 0.05) is 0 Å². The molecule has 0 saturated carbocycles. The molecule has 0 atom stereocenters. The fraction of sp³-hybridized carbons (Fsp3) is 0.357. The lowest BCUT2D eigenvalue weighted by atomic mass is 10.1. The number of hydrogen-bond donors (Lipinski definition) is 0. The molecule has 2 rings (SSSR count). The van der Waals surface area contributed by atoms with E-state index in [1.807, 2.05) is 0 Å². The third-order valence-corrected chi connectivity index (χ3v) is 4.54. The van der Waals surface area contributed by atoms with E-state index in [0.717, 1.165) is 24.3 Å². The zero-order valence-corrected chi connectivity index (χ0v) is 12.8. The average molecular weight is 333 g/mol. The van der Waals surface area contributed by atoms with Crippen LogP contribution in [0.5, 0.6) is 0 Å². The van der Waals surface area contributed by atoms with E-state index in [1.54, 1.807) is 13.8 Å². The summed E-state index contributed by atoms with van der Waals surface area (Å²) < 4.78 is 66.7. The van der Waals surface area contributed by atoms with Crippen molar-refractivity contribution in [3.8, 4) is 0 Å². The van der Waals surface area contributed by atoms with E-state index >= 15 is 0 Å². The Morgan fingerprint density at radius 1 is 1.09 bits per heavy atom. The molecule has 0 aliphatic heterocycles. The standard InChI is InChI=1S/C14H14F3NO3S/c1-9-10(2)21-13(18-9)8-22(19,20)7-11-3-5-12(6-4-11)14(15,16)17/h3-6H,7-8H2,1-2H3. The van der Waals surface area contributed by atoms with Crippen molar-refractivity contribution < 1.29 is 26.0 Å². The molecule has 2 aromatic rings. The predicted octanol–water partition coefficient (Wildman–Crippen LogP) is 3.43. The molecule has 0 fully saturated rings. The summed E-state index contributed by atoms with van der Waals surface area (Å²) in [6.45, 7) is 3.37. The van der Waals surface area contributed by atoms with Gasteiger partial charge in [0.25, 0.3) is 0 Å². The maximum atomic E-state index is 12.4. The lowest BCUT2D eigenvalue weighted by Gasteiger charge is -2.07. The van der Waals surface area contributed by atoms with Gasteiger partial charge in [-0.2, -0.15) is 13.2 Å². The smallest absolute Gasteiger partial charge is 0.416 e. The number of aryl methyl sites for hydroxylation is 2. The van der Waals surface area contributed by atoms with Crippen LogP contribution in [0.4, 0.5) is 13.2 Å². The summed E-state index contributed by atoms with van der Waals surface area (Å²) in [6.07, 6.45) is -4.44. The highest BCUT2D eigenvalue weighted by atomic mass is 32.2. The van der Waals surface area contributed by atoms with Crippen LogP contribution in [-0.4, -0.2) is 13.4 Å². The van der Waals surface area contributed by atoms with Gasteiger partial charge in [0.15, 0.2) is 9.84 Å². The van der Waals surface area contributed by atoms with Crippen LogP contribution in [0.1, 0.15) is 28.5 Å². The van der Waals surface area contributed by atoms with Crippen molar-refractivity contribution >= 4 is 9.84 Å². The third kappa shape index (κ3) is 4.09. The molecule has 0 aliphatic rings. The first kappa shape index (κ1) is 16.5. The lowest BCUT2D eigenvalue weighted by molar-refractivity contribution is -0.137. The quantitative estimate of drug-likeness (QED) is 0.860. The summed E-state index contributed by atoms with van der Waals surface area (Å²) in [5, 5.41) is 0. The van der Waals surface area contributed by atoms with Crippen molar-refractivity contribution in [2.75, 3.05) is 0 Å². The molecule has 0 saturated heterocycles. The molecule has 0 unspecified atom stereocenters. The molecule has 0 bridgehead atoms. The Hall–Kier alpha value is -1.83. The Morgan fingerprint density at radius 3 is 2.14 bits per heavy atom. The molecule has 1 aromatic carbocycles. The van der Waals surface area contributed by atoms with E-state index in [1.165, 1.54) is 0 Å². The van der Waals surface area contributed by atoms with E-state index in [2.05, 4.69) is 4.98 Å². The monoisotopic (exact) mass is 333 g/mol. The fourth-order valence-corrected chi connectivity index (χ4v) is 3.19. The summed E-state index contributed by atoms with van der Waals surface area (Å²) in [7, 11) is -3.58. The van der Waals surface area contributed by atoms with Crippen molar-refractivity contribution in [3.05, 3.63) is 52.7 Å². The minimum Gasteiger partial charge on any atom is -0.445 e. The largest absolute Gasteiger partial charge is 0.445 e. The van der Waals surface area contributed by atoms with E-state index in [9.17, 15) is 21.6 Å². The number of alkyl halides is 3. The van der Waals surface area contributed by atoms with Gasteiger partial charge in [-0.1, -0.05) is 12.1 Å². The van der Waals surface area contributed by atoms with Crippen LogP contribution in [0.15, 0.2) is 28.7 Å². The number of aromatic nitrogens is 1. The Kier molecular flexibility index (Phi) is 4.32. The van der Waals surface area contributed by atoms with Gasteiger partial charge in [-0.3, -0.25) is 0 Å². The molecule has 0 spiro atoms. The van der Waals surface area contributed by atoms with E-state index < -0.39 is 21.6 Å². The number of oxazole rings is 1. The molecule has 4 nitrogen and oxygen atoms in total. The minimum atomic E-state index is -4.44. The normalized spacial score (nSPS) is 12.6. The maximum absolute atomic E-state index is 12.4. The number of benzene rings is 1. The van der Waals surface area contributed by atoms with E-state index in [4.69, 9.17) is 4.42 Å². The second-order valence-corrected chi connectivity index (χ2v) is 7.04. The molecule has 1 aromatic heterocycles. The molecular formula is C14H14F3NO3S. The van der Waals surface area contributed by atoms with Crippen LogP contribution in [0.25, 0.3) is 0 Å². The molecule has 0 radical (unpaired) electrons. The molecule has 22 heavy (non-hydrogen) atoms. The first-order valence-electron chi connectivity index (χ1n) is 6.36. The van der Waals surface area contributed by atoms with Gasteiger partial charge in [0.1, 0.15) is 11.5 Å². The highest BCUT2D eigenvalue weighted by Crippen LogP contribution is 2.29. The second kappa shape index (κ2) is 5.75. The van der Waals surface area contributed by atoms with Gasteiger partial charge in [0.05, 0.1) is 17.0 Å². The molecular weight excluding hydrogens is 319 g/mol. The van der Waals surface area contributed by atoms with Crippen LogP contribution < -0.4 is 0 Å². The van der Waals surface area contributed by atoms with Crippen LogP contribution in [-0.2, 0) is 27.5 Å². The first-order valence-corrected chi connectivity index (χ1v) is 8.18.